The molecule has 1 saturated carbocycles. The summed E-state index contributed by atoms with van der Waals surface area (Å²) in [5, 5.41) is 0. The third-order valence-corrected chi connectivity index (χ3v) is 2.90. The van der Waals surface area contributed by atoms with Crippen LogP contribution in [0.5, 0.6) is 0 Å². The lowest BCUT2D eigenvalue weighted by Crippen LogP contribution is -2.48. The summed E-state index contributed by atoms with van der Waals surface area (Å²) in [7, 11) is 0. The van der Waals surface area contributed by atoms with E-state index in [1.165, 1.54) is 19.3 Å². The summed E-state index contributed by atoms with van der Waals surface area (Å²) in [5.41, 5.74) is 6.00. The molecule has 1 aliphatic carbocycles. The lowest BCUT2D eigenvalue weighted by molar-refractivity contribution is -0.0249. The van der Waals surface area contributed by atoms with E-state index in [1.54, 1.807) is 0 Å². The minimum absolute atomic E-state index is 0.447. The zero-order valence-corrected chi connectivity index (χ0v) is 6.25. The molecular formula is C8H15NO. The van der Waals surface area contributed by atoms with Gasteiger partial charge in [0.05, 0.1) is 13.2 Å². The summed E-state index contributed by atoms with van der Waals surface area (Å²) >= 11 is 0. The van der Waals surface area contributed by atoms with E-state index in [-0.39, 0.29) is 0 Å². The molecule has 1 heterocycles. The van der Waals surface area contributed by atoms with Crippen LogP contribution in [0, 0.1) is 11.8 Å². The largest absolute Gasteiger partial charge is 0.381 e. The second kappa shape index (κ2) is 2.51. The molecule has 2 unspecified atom stereocenters. The van der Waals surface area contributed by atoms with Gasteiger partial charge in [-0.2, -0.15) is 0 Å². The molecule has 0 spiro atoms. The van der Waals surface area contributed by atoms with Gasteiger partial charge in [-0.3, -0.25) is 0 Å². The predicted molar refractivity (Wildman–Crippen MR) is 39.6 cm³/mol. The lowest BCUT2D eigenvalue weighted by Gasteiger charge is -2.39. The van der Waals surface area contributed by atoms with E-state index in [9.17, 15) is 0 Å². The van der Waals surface area contributed by atoms with Crippen LogP contribution in [0.3, 0.4) is 0 Å². The van der Waals surface area contributed by atoms with Crippen LogP contribution in [0.1, 0.15) is 19.3 Å². The van der Waals surface area contributed by atoms with Gasteiger partial charge < -0.3 is 10.5 Å². The average molecular weight is 141 g/mol. The highest BCUT2D eigenvalue weighted by Gasteiger charge is 2.34. The Hall–Kier alpha value is -0.0800. The number of rotatable bonds is 0. The van der Waals surface area contributed by atoms with Gasteiger partial charge >= 0.3 is 0 Å². The van der Waals surface area contributed by atoms with Crippen molar-refractivity contribution in [3.8, 4) is 0 Å². The molecule has 2 aliphatic rings. The fraction of sp³-hybridized carbons (Fsp3) is 1.00. The Balaban J connectivity index is 2.05. The summed E-state index contributed by atoms with van der Waals surface area (Å²) in [4.78, 5) is 0. The Kier molecular flexibility index (Phi) is 1.66. The van der Waals surface area contributed by atoms with Gasteiger partial charge in [-0.1, -0.05) is 6.42 Å². The molecule has 0 aromatic rings. The van der Waals surface area contributed by atoms with Gasteiger partial charge in [0.25, 0.3) is 0 Å². The van der Waals surface area contributed by atoms with Gasteiger partial charge in [-0.25, -0.2) is 0 Å². The fourth-order valence-electron chi connectivity index (χ4n) is 2.17. The molecule has 0 aromatic carbocycles. The lowest BCUT2D eigenvalue weighted by atomic mass is 9.76. The van der Waals surface area contributed by atoms with E-state index in [4.69, 9.17) is 10.5 Å². The van der Waals surface area contributed by atoms with Gasteiger partial charge in [0, 0.05) is 6.04 Å². The molecule has 2 rings (SSSR count). The van der Waals surface area contributed by atoms with E-state index in [0.29, 0.717) is 17.9 Å². The van der Waals surface area contributed by atoms with E-state index in [1.807, 2.05) is 0 Å². The monoisotopic (exact) mass is 141 g/mol. The zero-order chi connectivity index (χ0) is 6.97. The topological polar surface area (TPSA) is 35.2 Å². The smallest absolute Gasteiger partial charge is 0.0509 e. The van der Waals surface area contributed by atoms with Crippen molar-refractivity contribution in [3.05, 3.63) is 0 Å². The van der Waals surface area contributed by atoms with Crippen molar-refractivity contribution in [3.63, 3.8) is 0 Å². The number of hydrogen-bond acceptors (Lipinski definition) is 2. The molecule has 2 bridgehead atoms. The molecule has 0 aromatic heterocycles. The van der Waals surface area contributed by atoms with Crippen LogP contribution >= 0.6 is 0 Å². The van der Waals surface area contributed by atoms with Crippen LogP contribution in [-0.4, -0.2) is 19.3 Å². The van der Waals surface area contributed by atoms with Crippen molar-refractivity contribution < 1.29 is 4.74 Å². The summed E-state index contributed by atoms with van der Waals surface area (Å²) < 4.78 is 5.43. The summed E-state index contributed by atoms with van der Waals surface area (Å²) in [6.07, 6.45) is 3.95. The SMILES string of the molecule is NC1C2CCCC1COC2. The third kappa shape index (κ3) is 0.956. The van der Waals surface area contributed by atoms with Crippen molar-refractivity contribution in [1.82, 2.24) is 0 Å². The highest BCUT2D eigenvalue weighted by molar-refractivity contribution is 4.87. The molecular weight excluding hydrogens is 126 g/mol. The van der Waals surface area contributed by atoms with E-state index in [2.05, 4.69) is 0 Å². The quantitative estimate of drug-likeness (QED) is 0.540. The summed E-state index contributed by atoms with van der Waals surface area (Å²) in [6, 6.07) is 0.447. The summed E-state index contributed by atoms with van der Waals surface area (Å²) in [6.45, 7) is 1.83. The predicted octanol–water partition coefficient (Wildman–Crippen LogP) is 0.760. The maximum Gasteiger partial charge on any atom is 0.0509 e. The first kappa shape index (κ1) is 6.62. The minimum atomic E-state index is 0.447. The maximum atomic E-state index is 6.00. The van der Waals surface area contributed by atoms with E-state index >= 15 is 0 Å². The highest BCUT2D eigenvalue weighted by atomic mass is 16.5. The second-order valence-electron chi connectivity index (χ2n) is 3.57. The Bertz CT molecular complexity index is 104. The molecule has 0 radical (unpaired) electrons. The average Bonchev–Trinajstić information content (AvgIpc) is 1.86. The van der Waals surface area contributed by atoms with Crippen molar-refractivity contribution in [1.29, 1.82) is 0 Å². The molecule has 2 atom stereocenters. The van der Waals surface area contributed by atoms with Crippen LogP contribution in [-0.2, 0) is 4.74 Å². The highest BCUT2D eigenvalue weighted by Crippen LogP contribution is 2.31. The van der Waals surface area contributed by atoms with Crippen LogP contribution in [0.15, 0.2) is 0 Å². The van der Waals surface area contributed by atoms with E-state index < -0.39 is 0 Å². The van der Waals surface area contributed by atoms with Crippen LogP contribution in [0.25, 0.3) is 0 Å². The van der Waals surface area contributed by atoms with Crippen LogP contribution in [0.2, 0.25) is 0 Å². The van der Waals surface area contributed by atoms with Crippen molar-refractivity contribution in [2.45, 2.75) is 25.3 Å². The van der Waals surface area contributed by atoms with Gasteiger partial charge in [-0.15, -0.1) is 0 Å². The van der Waals surface area contributed by atoms with Gasteiger partial charge in [-0.05, 0) is 24.7 Å². The number of nitrogens with two attached hydrogens (primary N) is 1. The molecule has 2 N–H and O–H groups in total. The number of hydrogen-bond donors (Lipinski definition) is 1. The Morgan fingerprint density at radius 1 is 1.10 bits per heavy atom. The van der Waals surface area contributed by atoms with E-state index in [0.717, 1.165) is 13.2 Å². The van der Waals surface area contributed by atoms with Crippen molar-refractivity contribution >= 4 is 0 Å². The minimum Gasteiger partial charge on any atom is -0.381 e. The molecule has 1 aliphatic heterocycles. The first-order valence-electron chi connectivity index (χ1n) is 4.21. The molecule has 2 nitrogen and oxygen atoms in total. The number of ether oxygens (including phenoxy) is 1. The van der Waals surface area contributed by atoms with Crippen LogP contribution < -0.4 is 5.73 Å². The maximum absolute atomic E-state index is 6.00. The zero-order valence-electron chi connectivity index (χ0n) is 6.25. The Morgan fingerprint density at radius 2 is 1.70 bits per heavy atom. The first-order valence-corrected chi connectivity index (χ1v) is 4.21. The van der Waals surface area contributed by atoms with Crippen molar-refractivity contribution in [2.24, 2.45) is 17.6 Å². The fourth-order valence-corrected chi connectivity index (χ4v) is 2.17. The Morgan fingerprint density at radius 3 is 2.20 bits per heavy atom. The van der Waals surface area contributed by atoms with Gasteiger partial charge in [0.1, 0.15) is 0 Å². The molecule has 0 amide bonds. The van der Waals surface area contributed by atoms with Crippen LogP contribution in [0.4, 0.5) is 0 Å². The van der Waals surface area contributed by atoms with Gasteiger partial charge in [0.2, 0.25) is 0 Å². The third-order valence-electron chi connectivity index (χ3n) is 2.90. The molecule has 2 fully saturated rings. The molecule has 2 heteroatoms. The molecule has 58 valence electrons. The van der Waals surface area contributed by atoms with Crippen molar-refractivity contribution in [2.75, 3.05) is 13.2 Å². The second-order valence-corrected chi connectivity index (χ2v) is 3.57. The Labute approximate surface area is 61.7 Å². The standard InChI is InChI=1S/C8H15NO/c9-8-6-2-1-3-7(8)5-10-4-6/h6-8H,1-5,9H2. The number of fused-ring (bicyclic) bond motifs is 2. The normalized spacial score (nSPS) is 47.1. The molecule has 10 heavy (non-hydrogen) atoms. The molecule has 1 saturated heterocycles. The summed E-state index contributed by atoms with van der Waals surface area (Å²) in [5.74, 6) is 1.35. The van der Waals surface area contributed by atoms with Gasteiger partial charge in [0.15, 0.2) is 0 Å². The first-order chi connectivity index (χ1) is 4.88.